The van der Waals surface area contributed by atoms with Gasteiger partial charge in [0.05, 0.1) is 25.3 Å². The lowest BCUT2D eigenvalue weighted by atomic mass is 10.0. The van der Waals surface area contributed by atoms with Crippen LogP contribution in [0.1, 0.15) is 11.1 Å². The molecule has 0 saturated carbocycles. The Morgan fingerprint density at radius 1 is 1.56 bits per heavy atom. The van der Waals surface area contributed by atoms with E-state index in [0.29, 0.717) is 17.7 Å². The SMILES string of the molecule is COc1cc(C#N)ccc1C[C@@H](N)CO.Cl. The Balaban J connectivity index is 0.00000225. The van der Waals surface area contributed by atoms with E-state index >= 15 is 0 Å². The molecule has 0 aliphatic heterocycles. The molecule has 0 bridgehead atoms. The molecular formula is C11H15ClN2O2. The van der Waals surface area contributed by atoms with Crippen LogP contribution in [0.3, 0.4) is 0 Å². The van der Waals surface area contributed by atoms with Gasteiger partial charge in [0.2, 0.25) is 0 Å². The summed E-state index contributed by atoms with van der Waals surface area (Å²) in [6, 6.07) is 6.91. The first kappa shape index (κ1) is 14.7. The fourth-order valence-corrected chi connectivity index (χ4v) is 1.33. The molecule has 4 nitrogen and oxygen atoms in total. The van der Waals surface area contributed by atoms with Crippen LogP contribution < -0.4 is 10.5 Å². The quantitative estimate of drug-likeness (QED) is 0.821. The summed E-state index contributed by atoms with van der Waals surface area (Å²) in [6.45, 7) is -0.0663. The number of hydrogen-bond acceptors (Lipinski definition) is 4. The van der Waals surface area contributed by atoms with Gasteiger partial charge in [-0.05, 0) is 24.1 Å². The second-order valence-corrected chi connectivity index (χ2v) is 3.29. The third kappa shape index (κ3) is 3.70. The maximum atomic E-state index is 8.84. The van der Waals surface area contributed by atoms with Gasteiger partial charge in [-0.15, -0.1) is 12.4 Å². The van der Waals surface area contributed by atoms with Crippen LogP contribution in [0.15, 0.2) is 18.2 Å². The van der Waals surface area contributed by atoms with Crippen LogP contribution in [0.2, 0.25) is 0 Å². The van der Waals surface area contributed by atoms with Crippen LogP contribution in [-0.4, -0.2) is 24.9 Å². The van der Waals surface area contributed by atoms with E-state index < -0.39 is 0 Å². The summed E-state index contributed by atoms with van der Waals surface area (Å²) < 4.78 is 5.14. The van der Waals surface area contributed by atoms with Crippen molar-refractivity contribution in [3.63, 3.8) is 0 Å². The number of hydrogen-bond donors (Lipinski definition) is 2. The number of aliphatic hydroxyl groups is 1. The van der Waals surface area contributed by atoms with Crippen molar-refractivity contribution >= 4 is 12.4 Å². The number of nitriles is 1. The number of halogens is 1. The molecule has 1 aromatic rings. The molecule has 5 heteroatoms. The van der Waals surface area contributed by atoms with Crippen molar-refractivity contribution in [1.82, 2.24) is 0 Å². The molecule has 0 aliphatic rings. The van der Waals surface area contributed by atoms with Crippen molar-refractivity contribution in [3.8, 4) is 11.8 Å². The first-order valence-electron chi connectivity index (χ1n) is 4.64. The van der Waals surface area contributed by atoms with Crippen molar-refractivity contribution in [2.24, 2.45) is 5.73 Å². The van der Waals surface area contributed by atoms with Crippen LogP contribution in [-0.2, 0) is 6.42 Å². The van der Waals surface area contributed by atoms with E-state index in [-0.39, 0.29) is 25.1 Å². The monoisotopic (exact) mass is 242 g/mol. The van der Waals surface area contributed by atoms with E-state index in [0.717, 1.165) is 5.56 Å². The van der Waals surface area contributed by atoms with E-state index in [9.17, 15) is 0 Å². The van der Waals surface area contributed by atoms with Gasteiger partial charge in [-0.25, -0.2) is 0 Å². The van der Waals surface area contributed by atoms with E-state index in [4.69, 9.17) is 20.8 Å². The molecule has 0 spiro atoms. The average Bonchev–Trinajstić information content (AvgIpc) is 2.29. The van der Waals surface area contributed by atoms with E-state index in [2.05, 4.69) is 0 Å². The highest BCUT2D eigenvalue weighted by Gasteiger charge is 2.08. The number of methoxy groups -OCH3 is 1. The molecule has 1 rings (SSSR count). The molecule has 1 aromatic carbocycles. The van der Waals surface area contributed by atoms with Crippen molar-refractivity contribution in [2.45, 2.75) is 12.5 Å². The number of nitrogens with zero attached hydrogens (tertiary/aromatic N) is 1. The lowest BCUT2D eigenvalue weighted by Gasteiger charge is -2.12. The average molecular weight is 243 g/mol. The Morgan fingerprint density at radius 3 is 2.75 bits per heavy atom. The van der Waals surface area contributed by atoms with Gasteiger partial charge in [0.25, 0.3) is 0 Å². The molecular weight excluding hydrogens is 228 g/mol. The Kier molecular flexibility index (Phi) is 6.50. The van der Waals surface area contributed by atoms with Gasteiger partial charge in [0.15, 0.2) is 0 Å². The second-order valence-electron chi connectivity index (χ2n) is 3.29. The summed E-state index contributed by atoms with van der Waals surface area (Å²) in [5.74, 6) is 0.637. The molecule has 0 aromatic heterocycles. The molecule has 1 atom stereocenters. The molecule has 0 aliphatic carbocycles. The number of benzene rings is 1. The summed E-state index contributed by atoms with van der Waals surface area (Å²) in [5, 5.41) is 17.5. The maximum Gasteiger partial charge on any atom is 0.123 e. The minimum atomic E-state index is -0.299. The van der Waals surface area contributed by atoms with Gasteiger partial charge in [-0.2, -0.15) is 5.26 Å². The Morgan fingerprint density at radius 2 is 2.25 bits per heavy atom. The zero-order chi connectivity index (χ0) is 11.3. The van der Waals surface area contributed by atoms with Crippen LogP contribution in [0.5, 0.6) is 5.75 Å². The lowest BCUT2D eigenvalue weighted by molar-refractivity contribution is 0.264. The van der Waals surface area contributed by atoms with E-state index in [1.54, 1.807) is 25.3 Å². The zero-order valence-electron chi connectivity index (χ0n) is 9.01. The van der Waals surface area contributed by atoms with Crippen molar-refractivity contribution in [3.05, 3.63) is 29.3 Å². The fraction of sp³-hybridized carbons (Fsp3) is 0.364. The fourth-order valence-electron chi connectivity index (χ4n) is 1.33. The third-order valence-corrected chi connectivity index (χ3v) is 2.13. The van der Waals surface area contributed by atoms with Crippen LogP contribution in [0, 0.1) is 11.3 Å². The lowest BCUT2D eigenvalue weighted by Crippen LogP contribution is -2.27. The third-order valence-electron chi connectivity index (χ3n) is 2.13. The van der Waals surface area contributed by atoms with Gasteiger partial charge in [-0.1, -0.05) is 6.07 Å². The second kappa shape index (κ2) is 7.07. The van der Waals surface area contributed by atoms with Crippen molar-refractivity contribution in [2.75, 3.05) is 13.7 Å². The molecule has 3 N–H and O–H groups in total. The van der Waals surface area contributed by atoms with Gasteiger partial charge in [0.1, 0.15) is 5.75 Å². The predicted octanol–water partition coefficient (Wildman–Crippen LogP) is 0.851. The Labute approximate surface area is 101 Å². The summed E-state index contributed by atoms with van der Waals surface area (Å²) in [6.07, 6.45) is 0.533. The van der Waals surface area contributed by atoms with Gasteiger partial charge in [-0.3, -0.25) is 0 Å². The smallest absolute Gasteiger partial charge is 0.123 e. The standard InChI is InChI=1S/C11H14N2O2.ClH/c1-15-11-4-8(6-12)2-3-9(11)5-10(13)7-14;/h2-4,10,14H,5,7,13H2,1H3;1H/t10-;/m1./s1. The Bertz CT molecular complexity index is 377. The van der Waals surface area contributed by atoms with Gasteiger partial charge < -0.3 is 15.6 Å². The van der Waals surface area contributed by atoms with Gasteiger partial charge in [0, 0.05) is 6.04 Å². The summed E-state index contributed by atoms with van der Waals surface area (Å²) >= 11 is 0. The topological polar surface area (TPSA) is 79.3 Å². The molecule has 16 heavy (non-hydrogen) atoms. The normalized spacial score (nSPS) is 11.1. The van der Waals surface area contributed by atoms with E-state index in [1.807, 2.05) is 6.07 Å². The highest BCUT2D eigenvalue weighted by molar-refractivity contribution is 5.85. The molecule has 0 saturated heterocycles. The highest BCUT2D eigenvalue weighted by Crippen LogP contribution is 2.20. The minimum absolute atomic E-state index is 0. The minimum Gasteiger partial charge on any atom is -0.496 e. The van der Waals surface area contributed by atoms with Gasteiger partial charge >= 0.3 is 0 Å². The zero-order valence-corrected chi connectivity index (χ0v) is 9.83. The summed E-state index contributed by atoms with van der Waals surface area (Å²) in [5.41, 5.74) is 7.08. The first-order valence-corrected chi connectivity index (χ1v) is 4.64. The number of nitrogens with two attached hydrogens (primary N) is 1. The van der Waals surface area contributed by atoms with Crippen molar-refractivity contribution < 1.29 is 9.84 Å². The first-order chi connectivity index (χ1) is 7.21. The van der Waals surface area contributed by atoms with Crippen molar-refractivity contribution in [1.29, 1.82) is 5.26 Å². The van der Waals surface area contributed by atoms with Crippen LogP contribution in [0.25, 0.3) is 0 Å². The number of aliphatic hydroxyl groups excluding tert-OH is 1. The summed E-state index contributed by atoms with van der Waals surface area (Å²) in [4.78, 5) is 0. The largest absolute Gasteiger partial charge is 0.496 e. The van der Waals surface area contributed by atoms with E-state index in [1.165, 1.54) is 0 Å². The highest BCUT2D eigenvalue weighted by atomic mass is 35.5. The van der Waals surface area contributed by atoms with Crippen LogP contribution in [0.4, 0.5) is 0 Å². The maximum absolute atomic E-state index is 8.84. The summed E-state index contributed by atoms with van der Waals surface area (Å²) in [7, 11) is 1.55. The molecule has 0 radical (unpaired) electrons. The number of ether oxygens (including phenoxy) is 1. The predicted molar refractivity (Wildman–Crippen MR) is 63.7 cm³/mol. The number of rotatable bonds is 4. The molecule has 0 amide bonds. The molecule has 88 valence electrons. The molecule has 0 heterocycles. The Hall–Kier alpha value is -1.28. The van der Waals surface area contributed by atoms with Crippen LogP contribution >= 0.6 is 12.4 Å². The molecule has 0 fully saturated rings. The molecule has 0 unspecified atom stereocenters.